The number of aliphatic hydroxyl groups is 2. The number of rotatable bonds is 11. The summed E-state index contributed by atoms with van der Waals surface area (Å²) in [5.41, 5.74) is 5.70. The Bertz CT molecular complexity index is 748. The fourth-order valence-corrected chi connectivity index (χ4v) is 2.71. The van der Waals surface area contributed by atoms with Gasteiger partial charge in [-0.05, 0) is 34.9 Å². The predicted molar refractivity (Wildman–Crippen MR) is 108 cm³/mol. The molecule has 2 aromatic rings. The molecule has 28 heavy (non-hydrogen) atoms. The number of aliphatic hydroxyl groups excluding tert-OH is 2. The van der Waals surface area contributed by atoms with E-state index in [-0.39, 0.29) is 12.4 Å². The molecule has 0 aromatic heterocycles. The molecule has 150 valence electrons. The molecule has 0 aliphatic rings. The minimum Gasteiger partial charge on any atom is -0.508 e. The topological polar surface area (TPSA) is 79.2 Å². The van der Waals surface area contributed by atoms with E-state index < -0.39 is 12.2 Å². The Kier molecular flexibility index (Phi) is 9.49. The third-order valence-electron chi connectivity index (χ3n) is 4.15. The van der Waals surface area contributed by atoms with Gasteiger partial charge in [0, 0.05) is 20.0 Å². The van der Waals surface area contributed by atoms with Crippen LogP contribution in [0, 0.1) is 0 Å². The van der Waals surface area contributed by atoms with Crippen LogP contribution in [0.5, 0.6) is 5.75 Å². The van der Waals surface area contributed by atoms with E-state index in [0.29, 0.717) is 26.1 Å². The summed E-state index contributed by atoms with van der Waals surface area (Å²) in [6.45, 7) is 1.03. The Hall–Kier alpha value is -2.40. The number of phenolic OH excluding ortho intramolecular Hbond substituents is 1. The summed E-state index contributed by atoms with van der Waals surface area (Å²) in [6, 6.07) is 16.3. The number of ether oxygens (including phenoxy) is 2. The number of hydrogen-bond acceptors (Lipinski definition) is 5. The second kappa shape index (κ2) is 12.1. The Morgan fingerprint density at radius 1 is 1.07 bits per heavy atom. The molecule has 2 aromatic carbocycles. The molecule has 0 amide bonds. The predicted octanol–water partition coefficient (Wildman–Crippen LogP) is 3.51. The van der Waals surface area contributed by atoms with Crippen LogP contribution in [0.25, 0.3) is 0 Å². The van der Waals surface area contributed by atoms with Crippen molar-refractivity contribution in [2.45, 2.75) is 31.7 Å². The third-order valence-corrected chi connectivity index (χ3v) is 4.15. The molecule has 0 saturated heterocycles. The van der Waals surface area contributed by atoms with Crippen LogP contribution >= 0.6 is 0 Å². The van der Waals surface area contributed by atoms with Gasteiger partial charge in [0.15, 0.2) is 0 Å². The summed E-state index contributed by atoms with van der Waals surface area (Å²) in [7, 11) is 1.59. The number of phenols is 1. The summed E-state index contributed by atoms with van der Waals surface area (Å²) in [5.74, 6) is 0.164. The van der Waals surface area contributed by atoms with Crippen LogP contribution in [0.2, 0.25) is 0 Å². The number of methoxy groups -OCH3 is 1. The van der Waals surface area contributed by atoms with Crippen molar-refractivity contribution >= 4 is 0 Å². The minimum absolute atomic E-state index is 0.164. The van der Waals surface area contributed by atoms with Gasteiger partial charge >= 0.3 is 0 Å². The van der Waals surface area contributed by atoms with Crippen molar-refractivity contribution < 1.29 is 24.8 Å². The molecule has 0 saturated carbocycles. The van der Waals surface area contributed by atoms with Crippen LogP contribution in [0.15, 0.2) is 72.0 Å². The Balaban J connectivity index is 1.84. The molecule has 2 atom stereocenters. The molecule has 2 rings (SSSR count). The van der Waals surface area contributed by atoms with Crippen molar-refractivity contribution in [3.05, 3.63) is 83.1 Å². The standard InChI is InChI=1S/C23H28O5/c1-27-15-19(8-5-9-23(26)20-10-12-21(24)13-11-20)14-22(25)17-28-16-18-6-3-2-4-7-18/h2-7,10-13,22-26H,9,14-17H2,1H3/t8?,22-,23-/m1/s1. The molecule has 0 unspecified atom stereocenters. The lowest BCUT2D eigenvalue weighted by Crippen LogP contribution is -2.17. The number of benzene rings is 2. The molecular formula is C23H28O5. The van der Waals surface area contributed by atoms with Crippen LogP contribution in [-0.2, 0) is 16.1 Å². The zero-order valence-electron chi connectivity index (χ0n) is 16.1. The van der Waals surface area contributed by atoms with Gasteiger partial charge in [0.25, 0.3) is 0 Å². The van der Waals surface area contributed by atoms with Gasteiger partial charge in [-0.2, -0.15) is 0 Å². The maximum Gasteiger partial charge on any atom is 0.115 e. The van der Waals surface area contributed by atoms with Crippen LogP contribution in [0.1, 0.15) is 30.1 Å². The first kappa shape index (κ1) is 21.9. The van der Waals surface area contributed by atoms with Crippen molar-refractivity contribution in [2.24, 2.45) is 0 Å². The van der Waals surface area contributed by atoms with E-state index in [1.165, 1.54) is 0 Å². The maximum atomic E-state index is 10.2. The molecule has 0 spiro atoms. The molecule has 0 aliphatic carbocycles. The van der Waals surface area contributed by atoms with Gasteiger partial charge in [0.2, 0.25) is 0 Å². The van der Waals surface area contributed by atoms with Crippen molar-refractivity contribution in [2.75, 3.05) is 20.3 Å². The first-order valence-corrected chi connectivity index (χ1v) is 9.27. The van der Waals surface area contributed by atoms with E-state index in [2.05, 4.69) is 5.73 Å². The van der Waals surface area contributed by atoms with Gasteiger partial charge in [0.05, 0.1) is 32.0 Å². The van der Waals surface area contributed by atoms with Gasteiger partial charge < -0.3 is 24.8 Å². The molecule has 3 N–H and O–H groups in total. The van der Waals surface area contributed by atoms with Gasteiger partial charge in [-0.15, -0.1) is 5.73 Å². The van der Waals surface area contributed by atoms with Gasteiger partial charge in [-0.1, -0.05) is 42.5 Å². The first-order valence-electron chi connectivity index (χ1n) is 9.27. The highest BCUT2D eigenvalue weighted by atomic mass is 16.5. The molecule has 0 fully saturated rings. The quantitative estimate of drug-likeness (QED) is 0.517. The SMILES string of the molecule is COCC(=C=CC[C@@H](O)c1ccc(O)cc1)C[C@@H](O)COCc1ccccc1. The molecule has 0 aliphatic heterocycles. The highest BCUT2D eigenvalue weighted by molar-refractivity contribution is 5.27. The van der Waals surface area contributed by atoms with Gasteiger partial charge in [-0.3, -0.25) is 0 Å². The Labute approximate surface area is 166 Å². The fraction of sp³-hybridized carbons (Fsp3) is 0.348. The number of hydrogen-bond donors (Lipinski definition) is 3. The van der Waals surface area contributed by atoms with Crippen LogP contribution < -0.4 is 0 Å². The van der Waals surface area contributed by atoms with Gasteiger partial charge in [-0.25, -0.2) is 0 Å². The highest BCUT2D eigenvalue weighted by Crippen LogP contribution is 2.19. The average Bonchev–Trinajstić information content (AvgIpc) is 2.69. The normalized spacial score (nSPS) is 12.8. The van der Waals surface area contributed by atoms with Crippen molar-refractivity contribution in [3.63, 3.8) is 0 Å². The van der Waals surface area contributed by atoms with E-state index in [0.717, 1.165) is 16.7 Å². The smallest absolute Gasteiger partial charge is 0.115 e. The first-order chi connectivity index (χ1) is 13.6. The zero-order valence-corrected chi connectivity index (χ0v) is 16.1. The zero-order chi connectivity index (χ0) is 20.2. The van der Waals surface area contributed by atoms with Crippen LogP contribution in [-0.4, -0.2) is 41.7 Å². The Morgan fingerprint density at radius 3 is 2.46 bits per heavy atom. The summed E-state index contributed by atoms with van der Waals surface area (Å²) < 4.78 is 10.7. The van der Waals surface area contributed by atoms with E-state index in [4.69, 9.17) is 9.47 Å². The largest absolute Gasteiger partial charge is 0.508 e. The third kappa shape index (κ3) is 8.09. The van der Waals surface area contributed by atoms with Crippen LogP contribution in [0.3, 0.4) is 0 Å². The summed E-state index contributed by atoms with van der Waals surface area (Å²) >= 11 is 0. The van der Waals surface area contributed by atoms with E-state index >= 15 is 0 Å². The average molecular weight is 384 g/mol. The second-order valence-electron chi connectivity index (χ2n) is 6.59. The number of aromatic hydroxyl groups is 1. The lowest BCUT2D eigenvalue weighted by Gasteiger charge is -2.12. The molecule has 0 bridgehead atoms. The second-order valence-corrected chi connectivity index (χ2v) is 6.59. The molecule has 0 heterocycles. The maximum absolute atomic E-state index is 10.2. The van der Waals surface area contributed by atoms with E-state index in [1.54, 1.807) is 37.5 Å². The fourth-order valence-electron chi connectivity index (χ4n) is 2.71. The lowest BCUT2D eigenvalue weighted by molar-refractivity contribution is 0.0273. The van der Waals surface area contributed by atoms with Crippen molar-refractivity contribution in [1.82, 2.24) is 0 Å². The minimum atomic E-state index is -0.684. The van der Waals surface area contributed by atoms with E-state index in [1.807, 2.05) is 30.3 Å². The molecule has 5 nitrogen and oxygen atoms in total. The van der Waals surface area contributed by atoms with Gasteiger partial charge in [0.1, 0.15) is 5.75 Å². The molecule has 0 radical (unpaired) electrons. The summed E-state index contributed by atoms with van der Waals surface area (Å²) in [4.78, 5) is 0. The molecular weight excluding hydrogens is 356 g/mol. The summed E-state index contributed by atoms with van der Waals surface area (Å²) in [6.07, 6.45) is 1.16. The highest BCUT2D eigenvalue weighted by Gasteiger charge is 2.09. The van der Waals surface area contributed by atoms with Crippen molar-refractivity contribution in [1.29, 1.82) is 0 Å². The monoisotopic (exact) mass is 384 g/mol. The lowest BCUT2D eigenvalue weighted by atomic mass is 10.1. The van der Waals surface area contributed by atoms with Crippen molar-refractivity contribution in [3.8, 4) is 5.75 Å². The van der Waals surface area contributed by atoms with E-state index in [9.17, 15) is 15.3 Å². The Morgan fingerprint density at radius 2 is 1.79 bits per heavy atom. The van der Waals surface area contributed by atoms with Crippen LogP contribution in [0.4, 0.5) is 0 Å². The summed E-state index contributed by atoms with van der Waals surface area (Å²) in [5, 5.41) is 29.7. The molecule has 5 heteroatoms.